The lowest BCUT2D eigenvalue weighted by Gasteiger charge is -2.26. The summed E-state index contributed by atoms with van der Waals surface area (Å²) in [4.78, 5) is 50.2. The van der Waals surface area contributed by atoms with Gasteiger partial charge in [0.25, 0.3) is 0 Å². The second-order valence-corrected chi connectivity index (χ2v) is 9.94. The maximum absolute atomic E-state index is 13.2. The molecule has 1 aromatic rings. The molecule has 10 nitrogen and oxygen atoms in total. The number of thiol groups is 1. The first-order chi connectivity index (χ1) is 16.5. The molecular formula is C23H36N4O6S2. The topological polar surface area (TPSA) is 171 Å². The van der Waals surface area contributed by atoms with Gasteiger partial charge < -0.3 is 31.9 Å². The van der Waals surface area contributed by atoms with Crippen LogP contribution in [0.4, 0.5) is 0 Å². The van der Waals surface area contributed by atoms with Gasteiger partial charge in [-0.2, -0.15) is 24.4 Å². The molecule has 4 unspecified atom stereocenters. The molecule has 0 spiro atoms. The number of benzene rings is 1. The van der Waals surface area contributed by atoms with Crippen LogP contribution in [0, 0.1) is 5.92 Å². The number of aromatic hydroxyl groups is 1. The van der Waals surface area contributed by atoms with Gasteiger partial charge in [0.05, 0.1) is 6.04 Å². The van der Waals surface area contributed by atoms with Crippen LogP contribution >= 0.6 is 24.4 Å². The fourth-order valence-corrected chi connectivity index (χ4v) is 3.82. The number of hydrogen-bond acceptors (Lipinski definition) is 8. The van der Waals surface area contributed by atoms with Gasteiger partial charge in [0.15, 0.2) is 0 Å². The summed E-state index contributed by atoms with van der Waals surface area (Å²) >= 11 is 5.46. The molecule has 1 aromatic carbocycles. The maximum Gasteiger partial charge on any atom is 0.326 e. The summed E-state index contributed by atoms with van der Waals surface area (Å²) in [5.41, 5.74) is 6.36. The van der Waals surface area contributed by atoms with Gasteiger partial charge in [-0.15, -0.1) is 0 Å². The Labute approximate surface area is 215 Å². The van der Waals surface area contributed by atoms with Crippen molar-refractivity contribution in [3.8, 4) is 5.75 Å². The molecule has 0 saturated heterocycles. The predicted octanol–water partition coefficient (Wildman–Crippen LogP) is 0.530. The van der Waals surface area contributed by atoms with E-state index >= 15 is 0 Å². The van der Waals surface area contributed by atoms with E-state index in [4.69, 9.17) is 5.73 Å². The molecule has 12 heteroatoms. The smallest absolute Gasteiger partial charge is 0.326 e. The molecular weight excluding hydrogens is 492 g/mol. The third kappa shape index (κ3) is 11.2. The van der Waals surface area contributed by atoms with Crippen LogP contribution in [0.1, 0.15) is 32.3 Å². The molecule has 4 atom stereocenters. The first-order valence-electron chi connectivity index (χ1n) is 11.3. The minimum absolute atomic E-state index is 0.0435. The number of hydrogen-bond donors (Lipinski definition) is 7. The summed E-state index contributed by atoms with van der Waals surface area (Å²) in [5.74, 6) is -2.25. The molecule has 0 aliphatic rings. The highest BCUT2D eigenvalue weighted by Crippen LogP contribution is 2.13. The number of phenols is 1. The number of carbonyl (C=O) groups is 4. The summed E-state index contributed by atoms with van der Waals surface area (Å²) in [6.45, 7) is 3.77. The predicted molar refractivity (Wildman–Crippen MR) is 140 cm³/mol. The van der Waals surface area contributed by atoms with E-state index in [1.807, 2.05) is 20.1 Å². The number of carbonyl (C=O) groups excluding carboxylic acids is 3. The molecule has 0 heterocycles. The lowest BCUT2D eigenvalue weighted by Crippen LogP contribution is -2.58. The first-order valence-corrected chi connectivity index (χ1v) is 13.3. The number of carboxylic acids is 1. The van der Waals surface area contributed by atoms with E-state index in [9.17, 15) is 29.4 Å². The molecule has 7 N–H and O–H groups in total. The molecule has 196 valence electrons. The van der Waals surface area contributed by atoms with Crippen LogP contribution in [0.25, 0.3) is 0 Å². The molecule has 3 amide bonds. The molecule has 0 fully saturated rings. The van der Waals surface area contributed by atoms with E-state index in [1.54, 1.807) is 12.1 Å². The lowest BCUT2D eigenvalue weighted by molar-refractivity contribution is -0.142. The fraction of sp³-hybridized carbons (Fsp3) is 0.565. The number of carboxylic acid groups (broad SMARTS) is 1. The average Bonchev–Trinajstić information content (AvgIpc) is 2.80. The van der Waals surface area contributed by atoms with Gasteiger partial charge in [-0.05, 0) is 48.5 Å². The Balaban J connectivity index is 3.13. The van der Waals surface area contributed by atoms with Crippen molar-refractivity contribution in [1.82, 2.24) is 16.0 Å². The molecule has 1 rings (SSSR count). The van der Waals surface area contributed by atoms with Gasteiger partial charge in [0.1, 0.15) is 23.9 Å². The van der Waals surface area contributed by atoms with Gasteiger partial charge in [0, 0.05) is 12.2 Å². The Kier molecular flexibility index (Phi) is 13.6. The number of thioether (sulfide) groups is 1. The van der Waals surface area contributed by atoms with E-state index in [1.165, 1.54) is 23.9 Å². The quantitative estimate of drug-likeness (QED) is 0.162. The maximum atomic E-state index is 13.2. The van der Waals surface area contributed by atoms with Crippen molar-refractivity contribution >= 4 is 48.1 Å². The minimum atomic E-state index is -1.17. The van der Waals surface area contributed by atoms with E-state index < -0.39 is 47.9 Å². The SMILES string of the molecule is CSCCC(NC(=O)C(Cc1ccc(O)cc1)NC(=O)C(CC(C)C)NC(=O)C(N)CS)C(=O)O. The van der Waals surface area contributed by atoms with Crippen LogP contribution in [0.3, 0.4) is 0 Å². The normalized spacial score (nSPS) is 14.5. The number of rotatable bonds is 15. The molecule has 0 aliphatic carbocycles. The Bertz CT molecular complexity index is 853. The van der Waals surface area contributed by atoms with Crippen LogP contribution in [0.5, 0.6) is 5.75 Å². The third-order valence-electron chi connectivity index (χ3n) is 5.11. The van der Waals surface area contributed by atoms with Gasteiger partial charge in [0.2, 0.25) is 17.7 Å². The Morgan fingerprint density at radius 1 is 0.971 bits per heavy atom. The summed E-state index contributed by atoms with van der Waals surface area (Å²) in [6, 6.07) is 2.02. The summed E-state index contributed by atoms with van der Waals surface area (Å²) in [6.07, 6.45) is 2.40. The van der Waals surface area contributed by atoms with Crippen molar-refractivity contribution < 1.29 is 29.4 Å². The summed E-state index contributed by atoms with van der Waals surface area (Å²) in [5, 5.41) is 26.8. The van der Waals surface area contributed by atoms with E-state index in [-0.39, 0.29) is 30.3 Å². The van der Waals surface area contributed by atoms with E-state index in [2.05, 4.69) is 28.6 Å². The van der Waals surface area contributed by atoms with Crippen LogP contribution in [0.15, 0.2) is 24.3 Å². The molecule has 0 aliphatic heterocycles. The standard InChI is InChI=1S/C23H36N4O6S2/c1-13(2)10-18(26-20(29)16(24)12-34)21(30)27-19(11-14-4-6-15(28)7-5-14)22(31)25-17(23(32)33)8-9-35-3/h4-7,13,16-19,28,34H,8-12,24H2,1-3H3,(H,25,31)(H,26,29)(H,27,30)(H,32,33). The first kappa shape index (κ1) is 30.6. The van der Waals surface area contributed by atoms with Crippen molar-refractivity contribution in [2.24, 2.45) is 11.7 Å². The number of nitrogens with one attached hydrogen (secondary N) is 3. The van der Waals surface area contributed by atoms with Gasteiger partial charge in [-0.25, -0.2) is 4.79 Å². The third-order valence-corrected chi connectivity index (χ3v) is 6.15. The monoisotopic (exact) mass is 528 g/mol. The second kappa shape index (κ2) is 15.5. The number of aliphatic carboxylic acids is 1. The van der Waals surface area contributed by atoms with Crippen molar-refractivity contribution in [3.63, 3.8) is 0 Å². The lowest BCUT2D eigenvalue weighted by atomic mass is 10.0. The van der Waals surface area contributed by atoms with Crippen LogP contribution in [-0.4, -0.2) is 75.8 Å². The molecule has 35 heavy (non-hydrogen) atoms. The van der Waals surface area contributed by atoms with Gasteiger partial charge in [-0.3, -0.25) is 14.4 Å². The van der Waals surface area contributed by atoms with Crippen molar-refractivity contribution in [2.45, 2.75) is 57.3 Å². The number of nitrogens with two attached hydrogens (primary N) is 1. The molecule has 0 radical (unpaired) electrons. The highest BCUT2D eigenvalue weighted by molar-refractivity contribution is 7.98. The summed E-state index contributed by atoms with van der Waals surface area (Å²) < 4.78 is 0. The number of phenolic OH excluding ortho intramolecular Hbond substituents is 1. The zero-order chi connectivity index (χ0) is 26.5. The van der Waals surface area contributed by atoms with Crippen LogP contribution in [-0.2, 0) is 25.6 Å². The molecule has 0 saturated carbocycles. The van der Waals surface area contributed by atoms with Crippen molar-refractivity contribution in [1.29, 1.82) is 0 Å². The zero-order valence-electron chi connectivity index (χ0n) is 20.2. The fourth-order valence-electron chi connectivity index (χ4n) is 3.18. The summed E-state index contributed by atoms with van der Waals surface area (Å²) in [7, 11) is 0. The van der Waals surface area contributed by atoms with E-state index in [0.29, 0.717) is 17.7 Å². The van der Waals surface area contributed by atoms with Crippen LogP contribution in [0.2, 0.25) is 0 Å². The van der Waals surface area contributed by atoms with E-state index in [0.717, 1.165) is 0 Å². The van der Waals surface area contributed by atoms with Gasteiger partial charge >= 0.3 is 5.97 Å². The van der Waals surface area contributed by atoms with Gasteiger partial charge in [-0.1, -0.05) is 26.0 Å². The largest absolute Gasteiger partial charge is 0.508 e. The Morgan fingerprint density at radius 3 is 2.03 bits per heavy atom. The highest BCUT2D eigenvalue weighted by atomic mass is 32.2. The highest BCUT2D eigenvalue weighted by Gasteiger charge is 2.30. The number of amides is 3. The second-order valence-electron chi connectivity index (χ2n) is 8.59. The van der Waals surface area contributed by atoms with Crippen LogP contribution < -0.4 is 21.7 Å². The average molecular weight is 529 g/mol. The molecule has 0 aromatic heterocycles. The zero-order valence-corrected chi connectivity index (χ0v) is 21.9. The molecule has 0 bridgehead atoms. The van der Waals surface area contributed by atoms with Crippen molar-refractivity contribution in [3.05, 3.63) is 29.8 Å². The van der Waals surface area contributed by atoms with Crippen molar-refractivity contribution in [2.75, 3.05) is 17.8 Å². The Hall–Kier alpha value is -2.44. The minimum Gasteiger partial charge on any atom is -0.508 e. The Morgan fingerprint density at radius 2 is 1.51 bits per heavy atom.